The number of sulfonamides is 1. The average Bonchev–Trinajstić information content (AvgIpc) is 3.08. The Balaban J connectivity index is 1.67. The van der Waals surface area contributed by atoms with E-state index in [0.29, 0.717) is 18.0 Å². The van der Waals surface area contributed by atoms with E-state index >= 15 is 0 Å². The van der Waals surface area contributed by atoms with Gasteiger partial charge in [-0.2, -0.15) is 0 Å². The van der Waals surface area contributed by atoms with Gasteiger partial charge in [0.2, 0.25) is 10.0 Å². The van der Waals surface area contributed by atoms with Gasteiger partial charge in [-0.25, -0.2) is 13.1 Å². The van der Waals surface area contributed by atoms with Gasteiger partial charge in [-0.3, -0.25) is 0 Å². The predicted molar refractivity (Wildman–Crippen MR) is 91.1 cm³/mol. The molecule has 128 valence electrons. The third kappa shape index (κ3) is 4.05. The van der Waals surface area contributed by atoms with Crippen molar-refractivity contribution in [1.82, 2.24) is 10.0 Å². The molecule has 0 radical (unpaired) electrons. The highest BCUT2D eigenvalue weighted by Crippen LogP contribution is 2.25. The first-order chi connectivity index (χ1) is 11.6. The van der Waals surface area contributed by atoms with E-state index in [1.165, 1.54) is 0 Å². The van der Waals surface area contributed by atoms with Crippen molar-refractivity contribution in [2.45, 2.75) is 17.4 Å². The molecule has 1 atom stereocenters. The molecule has 0 aliphatic carbocycles. The molecule has 0 spiro atoms. The summed E-state index contributed by atoms with van der Waals surface area (Å²) in [6.45, 7) is 1.50. The lowest BCUT2D eigenvalue weighted by molar-refractivity contribution is 0.413. The first-order valence-corrected chi connectivity index (χ1v) is 9.20. The summed E-state index contributed by atoms with van der Waals surface area (Å²) < 4.78 is 38.2. The quantitative estimate of drug-likeness (QED) is 0.836. The molecule has 2 aromatic carbocycles. The predicted octanol–water partition coefficient (Wildman–Crippen LogP) is 2.13. The van der Waals surface area contributed by atoms with E-state index in [9.17, 15) is 8.42 Å². The van der Waals surface area contributed by atoms with E-state index in [-0.39, 0.29) is 10.9 Å². The van der Waals surface area contributed by atoms with Gasteiger partial charge in [0, 0.05) is 12.6 Å². The molecule has 1 fully saturated rings. The third-order valence-corrected chi connectivity index (χ3v) is 5.35. The van der Waals surface area contributed by atoms with Crippen molar-refractivity contribution in [3.05, 3.63) is 48.5 Å². The van der Waals surface area contributed by atoms with Crippen LogP contribution >= 0.6 is 0 Å². The fourth-order valence-electron chi connectivity index (χ4n) is 2.51. The van der Waals surface area contributed by atoms with Gasteiger partial charge in [0.1, 0.15) is 17.2 Å². The van der Waals surface area contributed by atoms with Crippen LogP contribution in [0, 0.1) is 0 Å². The molecule has 24 heavy (non-hydrogen) atoms. The highest BCUT2D eigenvalue weighted by molar-refractivity contribution is 7.89. The van der Waals surface area contributed by atoms with Crippen LogP contribution < -0.4 is 19.5 Å². The third-order valence-electron chi connectivity index (χ3n) is 3.81. The zero-order valence-electron chi connectivity index (χ0n) is 13.4. The van der Waals surface area contributed by atoms with Crippen molar-refractivity contribution >= 4 is 10.0 Å². The number of benzene rings is 2. The highest BCUT2D eigenvalue weighted by atomic mass is 32.2. The summed E-state index contributed by atoms with van der Waals surface area (Å²) in [7, 11) is -1.90. The molecular weight excluding hydrogens is 328 g/mol. The second-order valence-electron chi connectivity index (χ2n) is 5.56. The van der Waals surface area contributed by atoms with Crippen LogP contribution in [-0.2, 0) is 10.0 Å². The zero-order chi connectivity index (χ0) is 17.0. The molecular formula is C17H20N2O4S. The van der Waals surface area contributed by atoms with E-state index < -0.39 is 10.0 Å². The van der Waals surface area contributed by atoms with Gasteiger partial charge >= 0.3 is 0 Å². The molecule has 1 unspecified atom stereocenters. The molecule has 2 aromatic rings. The second-order valence-corrected chi connectivity index (χ2v) is 7.27. The number of ether oxygens (including phenoxy) is 2. The monoisotopic (exact) mass is 348 g/mol. The molecule has 1 saturated heterocycles. The topological polar surface area (TPSA) is 76.7 Å². The molecule has 0 amide bonds. The largest absolute Gasteiger partial charge is 0.497 e. The summed E-state index contributed by atoms with van der Waals surface area (Å²) in [5.74, 6) is 1.97. The Hall–Kier alpha value is -2.09. The Morgan fingerprint density at radius 3 is 2.12 bits per heavy atom. The lowest BCUT2D eigenvalue weighted by Gasteiger charge is -2.12. The second kappa shape index (κ2) is 7.21. The summed E-state index contributed by atoms with van der Waals surface area (Å²) in [4.78, 5) is 0.233. The van der Waals surface area contributed by atoms with Gasteiger partial charge in [-0.05, 0) is 61.5 Å². The van der Waals surface area contributed by atoms with Gasteiger partial charge in [-0.1, -0.05) is 0 Å². The minimum Gasteiger partial charge on any atom is -0.497 e. The van der Waals surface area contributed by atoms with Crippen LogP contribution in [-0.4, -0.2) is 34.7 Å². The van der Waals surface area contributed by atoms with E-state index in [1.807, 2.05) is 0 Å². The minimum absolute atomic E-state index is 0.0507. The van der Waals surface area contributed by atoms with Crippen LogP contribution in [0.2, 0.25) is 0 Å². The van der Waals surface area contributed by atoms with Crippen molar-refractivity contribution in [2.75, 3.05) is 20.2 Å². The number of methoxy groups -OCH3 is 1. The Bertz CT molecular complexity index is 767. The molecule has 1 aliphatic rings. The van der Waals surface area contributed by atoms with Crippen molar-refractivity contribution in [2.24, 2.45) is 0 Å². The van der Waals surface area contributed by atoms with Crippen molar-refractivity contribution < 1.29 is 17.9 Å². The fourth-order valence-corrected chi connectivity index (χ4v) is 3.78. The fraction of sp³-hybridized carbons (Fsp3) is 0.294. The van der Waals surface area contributed by atoms with Gasteiger partial charge < -0.3 is 14.8 Å². The first kappa shape index (κ1) is 16.8. The number of hydrogen-bond acceptors (Lipinski definition) is 5. The van der Waals surface area contributed by atoms with Crippen LogP contribution in [0.5, 0.6) is 17.2 Å². The number of rotatable bonds is 6. The summed E-state index contributed by atoms with van der Waals surface area (Å²) in [6.07, 6.45) is 0.803. The van der Waals surface area contributed by atoms with Crippen molar-refractivity contribution in [1.29, 1.82) is 0 Å². The Morgan fingerprint density at radius 1 is 1.00 bits per heavy atom. The Morgan fingerprint density at radius 2 is 1.58 bits per heavy atom. The lowest BCUT2D eigenvalue weighted by Crippen LogP contribution is -2.36. The standard InChI is InChI=1S/C17H20N2O4S/c1-22-14-2-4-15(5-3-14)23-16-6-8-17(9-7-16)24(20,21)19-13-10-11-18-12-13/h2-9,13,18-19H,10-12H2,1H3. The highest BCUT2D eigenvalue weighted by Gasteiger charge is 2.22. The Kier molecular flexibility index (Phi) is 5.03. The van der Waals surface area contributed by atoms with Gasteiger partial charge in [-0.15, -0.1) is 0 Å². The van der Waals surface area contributed by atoms with Crippen LogP contribution in [0.25, 0.3) is 0 Å². The average molecular weight is 348 g/mol. The molecule has 2 N–H and O–H groups in total. The van der Waals surface area contributed by atoms with Gasteiger partial charge in [0.15, 0.2) is 0 Å². The Labute approximate surface area is 141 Å². The molecule has 3 rings (SSSR count). The van der Waals surface area contributed by atoms with Crippen molar-refractivity contribution in [3.63, 3.8) is 0 Å². The molecule has 0 bridgehead atoms. The van der Waals surface area contributed by atoms with Crippen LogP contribution in [0.3, 0.4) is 0 Å². The molecule has 1 aliphatic heterocycles. The zero-order valence-corrected chi connectivity index (χ0v) is 14.2. The molecule has 0 saturated carbocycles. The summed E-state index contributed by atoms with van der Waals surface area (Å²) in [5.41, 5.74) is 0. The van der Waals surface area contributed by atoms with E-state index in [4.69, 9.17) is 9.47 Å². The lowest BCUT2D eigenvalue weighted by atomic mass is 10.3. The SMILES string of the molecule is COc1ccc(Oc2ccc(S(=O)(=O)NC3CCNC3)cc2)cc1. The summed E-state index contributed by atoms with van der Waals surface area (Å²) >= 11 is 0. The van der Waals surface area contributed by atoms with Crippen molar-refractivity contribution in [3.8, 4) is 17.2 Å². The van der Waals surface area contributed by atoms with Crippen LogP contribution in [0.15, 0.2) is 53.4 Å². The van der Waals surface area contributed by atoms with E-state index in [0.717, 1.165) is 18.7 Å². The number of hydrogen-bond donors (Lipinski definition) is 2. The smallest absolute Gasteiger partial charge is 0.240 e. The molecule has 7 heteroatoms. The molecule has 1 heterocycles. The maximum atomic E-state index is 12.3. The van der Waals surface area contributed by atoms with Gasteiger partial charge in [0.05, 0.1) is 12.0 Å². The summed E-state index contributed by atoms with van der Waals surface area (Å²) in [5, 5.41) is 3.14. The van der Waals surface area contributed by atoms with Crippen LogP contribution in [0.1, 0.15) is 6.42 Å². The van der Waals surface area contributed by atoms with Gasteiger partial charge in [0.25, 0.3) is 0 Å². The maximum absolute atomic E-state index is 12.3. The van der Waals surface area contributed by atoms with Crippen LogP contribution in [0.4, 0.5) is 0 Å². The van der Waals surface area contributed by atoms with E-state index in [2.05, 4.69) is 10.0 Å². The minimum atomic E-state index is -3.50. The molecule has 6 nitrogen and oxygen atoms in total. The molecule has 0 aromatic heterocycles. The summed E-state index contributed by atoms with van der Waals surface area (Å²) in [6, 6.07) is 13.5. The number of nitrogens with one attached hydrogen (secondary N) is 2. The normalized spacial score (nSPS) is 17.6. The van der Waals surface area contributed by atoms with E-state index in [1.54, 1.807) is 55.6 Å². The first-order valence-electron chi connectivity index (χ1n) is 7.72. The maximum Gasteiger partial charge on any atom is 0.240 e.